The molecule has 5 heteroatoms. The summed E-state index contributed by atoms with van der Waals surface area (Å²) in [6.07, 6.45) is 15.2. The largest absolute Gasteiger partial charge is 0.467 e. The summed E-state index contributed by atoms with van der Waals surface area (Å²) in [5.74, 6) is -0.420. The van der Waals surface area contributed by atoms with Gasteiger partial charge in [0.15, 0.2) is 0 Å². The zero-order chi connectivity index (χ0) is 18.8. The highest BCUT2D eigenvalue weighted by Gasteiger charge is 2.20. The number of carbonyl (C=O) groups is 2. The van der Waals surface area contributed by atoms with Crippen LogP contribution in [0.25, 0.3) is 0 Å². The van der Waals surface area contributed by atoms with Crippen molar-refractivity contribution in [2.45, 2.75) is 103 Å². The molecule has 0 aromatic rings. The molecule has 0 saturated heterocycles. The molecule has 0 aromatic carbocycles. The smallest absolute Gasteiger partial charge is 0.328 e. The molecule has 0 aliphatic heterocycles. The van der Waals surface area contributed by atoms with Gasteiger partial charge < -0.3 is 15.8 Å². The molecule has 0 spiro atoms. The Kier molecular flexibility index (Phi) is 16.9. The van der Waals surface area contributed by atoms with Crippen molar-refractivity contribution < 1.29 is 14.3 Å². The predicted octanol–water partition coefficient (Wildman–Crippen LogP) is 4.08. The second-order valence-electron chi connectivity index (χ2n) is 6.86. The molecule has 0 unspecified atom stereocenters. The van der Waals surface area contributed by atoms with Gasteiger partial charge in [-0.05, 0) is 32.2 Å². The van der Waals surface area contributed by atoms with E-state index >= 15 is 0 Å². The molecule has 1 atom stereocenters. The maximum absolute atomic E-state index is 12.0. The van der Waals surface area contributed by atoms with Gasteiger partial charge in [0.25, 0.3) is 0 Å². The van der Waals surface area contributed by atoms with Crippen molar-refractivity contribution in [1.29, 1.82) is 0 Å². The lowest BCUT2D eigenvalue weighted by atomic mass is 10.1. The minimum atomic E-state index is -0.535. The molecule has 0 saturated carbocycles. The van der Waals surface area contributed by atoms with Gasteiger partial charge in [-0.15, -0.1) is 0 Å². The summed E-state index contributed by atoms with van der Waals surface area (Å²) in [4.78, 5) is 23.7. The van der Waals surface area contributed by atoms with Gasteiger partial charge >= 0.3 is 5.97 Å². The Morgan fingerprint density at radius 1 is 0.880 bits per heavy atom. The molecule has 0 aromatic heterocycles. The Balaban J connectivity index is 3.69. The third kappa shape index (κ3) is 14.9. The number of hydrogen-bond donors (Lipinski definition) is 2. The zero-order valence-electron chi connectivity index (χ0n) is 16.5. The van der Waals surface area contributed by atoms with Crippen LogP contribution < -0.4 is 11.1 Å². The van der Waals surface area contributed by atoms with Crippen LogP contribution in [0.5, 0.6) is 0 Å². The van der Waals surface area contributed by atoms with Crippen molar-refractivity contribution >= 4 is 11.9 Å². The predicted molar refractivity (Wildman–Crippen MR) is 103 cm³/mol. The number of unbranched alkanes of at least 4 members (excludes halogenated alkanes) is 10. The molecule has 0 aliphatic carbocycles. The molecule has 0 rings (SSSR count). The Bertz CT molecular complexity index is 335. The number of rotatable bonds is 17. The van der Waals surface area contributed by atoms with Crippen molar-refractivity contribution in [1.82, 2.24) is 5.32 Å². The molecule has 0 heterocycles. The number of amides is 1. The van der Waals surface area contributed by atoms with Crippen LogP contribution in [0.1, 0.15) is 96.8 Å². The van der Waals surface area contributed by atoms with Crippen LogP contribution >= 0.6 is 0 Å². The van der Waals surface area contributed by atoms with E-state index in [1.807, 2.05) is 0 Å². The first-order valence-electron chi connectivity index (χ1n) is 10.2. The second-order valence-corrected chi connectivity index (χ2v) is 6.86. The summed E-state index contributed by atoms with van der Waals surface area (Å²) in [5, 5.41) is 2.80. The summed E-state index contributed by atoms with van der Waals surface area (Å²) in [5.41, 5.74) is 5.47. The SMILES string of the molecule is CCCCCCCCCCCCC(=O)N[C@@H](CCCCN)C(=O)OC. The summed E-state index contributed by atoms with van der Waals surface area (Å²) >= 11 is 0. The fourth-order valence-corrected chi connectivity index (χ4v) is 2.92. The molecule has 0 bridgehead atoms. The van der Waals surface area contributed by atoms with Crippen molar-refractivity contribution in [2.75, 3.05) is 13.7 Å². The lowest BCUT2D eigenvalue weighted by Gasteiger charge is -2.16. The van der Waals surface area contributed by atoms with E-state index in [4.69, 9.17) is 10.5 Å². The Labute approximate surface area is 154 Å². The number of esters is 1. The first-order chi connectivity index (χ1) is 12.2. The van der Waals surface area contributed by atoms with Gasteiger partial charge in [-0.1, -0.05) is 64.7 Å². The highest BCUT2D eigenvalue weighted by atomic mass is 16.5. The van der Waals surface area contributed by atoms with E-state index in [9.17, 15) is 9.59 Å². The monoisotopic (exact) mass is 356 g/mol. The van der Waals surface area contributed by atoms with Gasteiger partial charge in [-0.25, -0.2) is 4.79 Å². The zero-order valence-corrected chi connectivity index (χ0v) is 16.5. The van der Waals surface area contributed by atoms with Crippen LogP contribution in [0, 0.1) is 0 Å². The van der Waals surface area contributed by atoms with Crippen LogP contribution in [-0.4, -0.2) is 31.6 Å². The molecule has 0 fully saturated rings. The fraction of sp³-hybridized carbons (Fsp3) is 0.900. The molecule has 148 valence electrons. The molecule has 3 N–H and O–H groups in total. The number of nitrogens with two attached hydrogens (primary N) is 1. The third-order valence-electron chi connectivity index (χ3n) is 4.53. The summed E-state index contributed by atoms with van der Waals surface area (Å²) in [6.45, 7) is 2.84. The van der Waals surface area contributed by atoms with Gasteiger partial charge in [0.05, 0.1) is 7.11 Å². The molecule has 0 radical (unpaired) electrons. The van der Waals surface area contributed by atoms with Gasteiger partial charge in [0.1, 0.15) is 6.04 Å². The summed E-state index contributed by atoms with van der Waals surface area (Å²) in [7, 11) is 1.35. The number of ether oxygens (including phenoxy) is 1. The van der Waals surface area contributed by atoms with Crippen molar-refractivity contribution in [2.24, 2.45) is 5.73 Å². The third-order valence-corrected chi connectivity index (χ3v) is 4.53. The van der Waals surface area contributed by atoms with Crippen molar-refractivity contribution in [3.05, 3.63) is 0 Å². The molecule has 0 aliphatic rings. The van der Waals surface area contributed by atoms with E-state index < -0.39 is 6.04 Å². The van der Waals surface area contributed by atoms with Crippen molar-refractivity contribution in [3.63, 3.8) is 0 Å². The molecule has 1 amide bonds. The van der Waals surface area contributed by atoms with Gasteiger partial charge in [-0.3, -0.25) is 4.79 Å². The van der Waals surface area contributed by atoms with E-state index in [0.717, 1.165) is 25.7 Å². The Hall–Kier alpha value is -1.10. The van der Waals surface area contributed by atoms with E-state index in [2.05, 4.69) is 12.2 Å². The first kappa shape index (κ1) is 23.9. The lowest BCUT2D eigenvalue weighted by molar-refractivity contribution is -0.145. The molecular weight excluding hydrogens is 316 g/mol. The van der Waals surface area contributed by atoms with E-state index in [1.165, 1.54) is 58.5 Å². The minimum absolute atomic E-state index is 0.0530. The standard InChI is InChI=1S/C20H40N2O3/c1-3-4-5-6-7-8-9-10-11-12-16-19(23)22-18(20(24)25-2)15-13-14-17-21/h18H,3-17,21H2,1-2H3,(H,22,23)/t18-/m0/s1. The van der Waals surface area contributed by atoms with Crippen LogP contribution in [-0.2, 0) is 14.3 Å². The lowest BCUT2D eigenvalue weighted by Crippen LogP contribution is -2.41. The topological polar surface area (TPSA) is 81.4 Å². The maximum atomic E-state index is 12.0. The normalized spacial score (nSPS) is 12.0. The number of methoxy groups -OCH3 is 1. The van der Waals surface area contributed by atoms with Crippen LogP contribution in [0.2, 0.25) is 0 Å². The van der Waals surface area contributed by atoms with Gasteiger partial charge in [0, 0.05) is 6.42 Å². The van der Waals surface area contributed by atoms with E-state index in [0.29, 0.717) is 19.4 Å². The number of carbonyl (C=O) groups excluding carboxylic acids is 2. The second kappa shape index (κ2) is 17.7. The van der Waals surface area contributed by atoms with Crippen LogP contribution in [0.3, 0.4) is 0 Å². The molecule has 5 nitrogen and oxygen atoms in total. The van der Waals surface area contributed by atoms with Gasteiger partial charge in [-0.2, -0.15) is 0 Å². The van der Waals surface area contributed by atoms with Crippen LogP contribution in [0.15, 0.2) is 0 Å². The van der Waals surface area contributed by atoms with Gasteiger partial charge in [0.2, 0.25) is 5.91 Å². The highest BCUT2D eigenvalue weighted by Crippen LogP contribution is 2.11. The fourth-order valence-electron chi connectivity index (χ4n) is 2.92. The maximum Gasteiger partial charge on any atom is 0.328 e. The van der Waals surface area contributed by atoms with E-state index in [1.54, 1.807) is 0 Å². The Morgan fingerprint density at radius 3 is 1.96 bits per heavy atom. The highest BCUT2D eigenvalue weighted by molar-refractivity contribution is 5.84. The average Bonchev–Trinajstić information content (AvgIpc) is 2.62. The Morgan fingerprint density at radius 2 is 1.44 bits per heavy atom. The average molecular weight is 357 g/mol. The number of nitrogens with one attached hydrogen (secondary N) is 1. The van der Waals surface area contributed by atoms with E-state index in [-0.39, 0.29) is 11.9 Å². The molecule has 25 heavy (non-hydrogen) atoms. The summed E-state index contributed by atoms with van der Waals surface area (Å²) in [6, 6.07) is -0.535. The minimum Gasteiger partial charge on any atom is -0.467 e. The first-order valence-corrected chi connectivity index (χ1v) is 10.2. The van der Waals surface area contributed by atoms with Crippen molar-refractivity contribution in [3.8, 4) is 0 Å². The molecular formula is C20H40N2O3. The van der Waals surface area contributed by atoms with Crippen LogP contribution in [0.4, 0.5) is 0 Å². The summed E-state index contributed by atoms with van der Waals surface area (Å²) < 4.78 is 4.76. The number of hydrogen-bond acceptors (Lipinski definition) is 4. The quantitative estimate of drug-likeness (QED) is 0.304.